The van der Waals surface area contributed by atoms with Crippen molar-refractivity contribution >= 4 is 38.6 Å². The number of aromatic nitrogens is 2. The van der Waals surface area contributed by atoms with Crippen molar-refractivity contribution in [3.05, 3.63) is 68.4 Å². The fourth-order valence-corrected chi connectivity index (χ4v) is 4.50. The van der Waals surface area contributed by atoms with Crippen LogP contribution in [0.4, 0.5) is 0 Å². The zero-order valence-corrected chi connectivity index (χ0v) is 19.5. The summed E-state index contributed by atoms with van der Waals surface area (Å²) in [6, 6.07) is 16.0. The Hall–Kier alpha value is -2.14. The SMILES string of the molecule is CCOCCCn1c(SC(C#N)Cc2ccc(C)cc2)nc2ccc(Br)cc2c1=O. The molecule has 0 N–H and O–H groups in total. The van der Waals surface area contributed by atoms with Gasteiger partial charge in [0.25, 0.3) is 5.56 Å². The molecule has 30 heavy (non-hydrogen) atoms. The highest BCUT2D eigenvalue weighted by Crippen LogP contribution is 2.26. The molecule has 0 saturated heterocycles. The Bertz CT molecular complexity index is 1110. The van der Waals surface area contributed by atoms with Gasteiger partial charge in [0.15, 0.2) is 5.16 Å². The molecule has 1 aromatic heterocycles. The molecule has 0 aliphatic rings. The van der Waals surface area contributed by atoms with E-state index in [0.29, 0.717) is 48.7 Å². The number of nitriles is 1. The predicted molar refractivity (Wildman–Crippen MR) is 125 cm³/mol. The van der Waals surface area contributed by atoms with E-state index in [1.54, 1.807) is 10.6 Å². The summed E-state index contributed by atoms with van der Waals surface area (Å²) in [4.78, 5) is 17.9. The number of hydrogen-bond acceptors (Lipinski definition) is 5. The fourth-order valence-electron chi connectivity index (χ4n) is 3.11. The molecule has 1 heterocycles. The second-order valence-corrected chi connectivity index (χ2v) is 9.07. The minimum atomic E-state index is -0.342. The number of rotatable bonds is 9. The first-order valence-corrected chi connectivity index (χ1v) is 11.6. The molecule has 0 aliphatic carbocycles. The van der Waals surface area contributed by atoms with E-state index in [1.165, 1.54) is 17.3 Å². The smallest absolute Gasteiger partial charge is 0.262 e. The van der Waals surface area contributed by atoms with Gasteiger partial charge in [-0.25, -0.2) is 4.98 Å². The highest BCUT2D eigenvalue weighted by Gasteiger charge is 2.18. The van der Waals surface area contributed by atoms with Gasteiger partial charge in [0, 0.05) is 24.2 Å². The Morgan fingerprint density at radius 3 is 2.73 bits per heavy atom. The third kappa shape index (κ3) is 5.72. The van der Waals surface area contributed by atoms with Gasteiger partial charge in [-0.05, 0) is 50.5 Å². The molecule has 3 rings (SSSR count). The van der Waals surface area contributed by atoms with Crippen molar-refractivity contribution in [3.8, 4) is 6.07 Å². The van der Waals surface area contributed by atoms with E-state index in [0.717, 1.165) is 10.0 Å². The summed E-state index contributed by atoms with van der Waals surface area (Å²) in [5, 5.41) is 10.5. The third-order valence-corrected chi connectivity index (χ3v) is 6.26. The number of aryl methyl sites for hydroxylation is 1. The first kappa shape index (κ1) is 22.5. The number of benzene rings is 2. The van der Waals surface area contributed by atoms with Gasteiger partial charge in [0.05, 0.1) is 17.0 Å². The van der Waals surface area contributed by atoms with Crippen molar-refractivity contribution in [3.63, 3.8) is 0 Å². The van der Waals surface area contributed by atoms with Crippen molar-refractivity contribution < 1.29 is 4.74 Å². The van der Waals surface area contributed by atoms with Gasteiger partial charge in [-0.1, -0.05) is 57.5 Å². The maximum Gasteiger partial charge on any atom is 0.262 e. The molecule has 0 saturated carbocycles. The van der Waals surface area contributed by atoms with Crippen LogP contribution < -0.4 is 5.56 Å². The van der Waals surface area contributed by atoms with Crippen LogP contribution in [0.15, 0.2) is 56.9 Å². The molecule has 0 amide bonds. The number of halogens is 1. The zero-order valence-electron chi connectivity index (χ0n) is 17.1. The van der Waals surface area contributed by atoms with Crippen LogP contribution in [0.2, 0.25) is 0 Å². The molecule has 0 spiro atoms. The second-order valence-electron chi connectivity index (χ2n) is 6.99. The average Bonchev–Trinajstić information content (AvgIpc) is 2.74. The van der Waals surface area contributed by atoms with E-state index in [-0.39, 0.29) is 10.8 Å². The van der Waals surface area contributed by atoms with E-state index in [1.807, 2.05) is 50.2 Å². The fraction of sp³-hybridized carbons (Fsp3) is 0.348. The van der Waals surface area contributed by atoms with Crippen LogP contribution >= 0.6 is 27.7 Å². The third-order valence-electron chi connectivity index (χ3n) is 4.69. The Labute approximate surface area is 189 Å². The molecule has 1 atom stereocenters. The minimum Gasteiger partial charge on any atom is -0.382 e. The standard InChI is InChI=1S/C23H24BrN3O2S/c1-3-29-12-4-11-27-22(28)20-14-18(24)9-10-21(20)26-23(27)30-19(15-25)13-17-7-5-16(2)6-8-17/h5-10,14,19H,3-4,11-13H2,1-2H3. The summed E-state index contributed by atoms with van der Waals surface area (Å²) in [6.07, 6.45) is 1.30. The monoisotopic (exact) mass is 485 g/mol. The molecule has 0 bridgehead atoms. The van der Waals surface area contributed by atoms with Crippen molar-refractivity contribution in [2.24, 2.45) is 0 Å². The Balaban J connectivity index is 1.92. The maximum absolute atomic E-state index is 13.2. The van der Waals surface area contributed by atoms with E-state index in [9.17, 15) is 10.1 Å². The zero-order chi connectivity index (χ0) is 21.5. The predicted octanol–water partition coefficient (Wildman–Crippen LogP) is 5.12. The van der Waals surface area contributed by atoms with E-state index in [2.05, 4.69) is 22.0 Å². The highest BCUT2D eigenvalue weighted by molar-refractivity contribution is 9.10. The lowest BCUT2D eigenvalue weighted by Gasteiger charge is -2.15. The molecular weight excluding hydrogens is 462 g/mol. The number of ether oxygens (including phenoxy) is 1. The van der Waals surface area contributed by atoms with Crippen molar-refractivity contribution in [2.45, 2.75) is 43.6 Å². The number of thioether (sulfide) groups is 1. The van der Waals surface area contributed by atoms with Crippen LogP contribution in [0.3, 0.4) is 0 Å². The van der Waals surface area contributed by atoms with Gasteiger partial charge in [0.2, 0.25) is 0 Å². The van der Waals surface area contributed by atoms with Crippen molar-refractivity contribution in [2.75, 3.05) is 13.2 Å². The molecule has 1 unspecified atom stereocenters. The van der Waals surface area contributed by atoms with Crippen LogP contribution in [0, 0.1) is 18.3 Å². The van der Waals surface area contributed by atoms with Crippen LogP contribution in [-0.4, -0.2) is 28.0 Å². The van der Waals surface area contributed by atoms with Crippen LogP contribution in [0.5, 0.6) is 0 Å². The largest absolute Gasteiger partial charge is 0.382 e. The van der Waals surface area contributed by atoms with Gasteiger partial charge in [-0.15, -0.1) is 0 Å². The molecule has 0 fully saturated rings. The summed E-state index contributed by atoms with van der Waals surface area (Å²) in [5.41, 5.74) is 2.83. The van der Waals surface area contributed by atoms with Crippen molar-refractivity contribution in [1.29, 1.82) is 5.26 Å². The van der Waals surface area contributed by atoms with Gasteiger partial charge in [0.1, 0.15) is 5.25 Å². The molecule has 0 radical (unpaired) electrons. The normalized spacial score (nSPS) is 12.1. The lowest BCUT2D eigenvalue weighted by molar-refractivity contribution is 0.140. The molecule has 2 aromatic carbocycles. The molecule has 156 valence electrons. The van der Waals surface area contributed by atoms with Crippen LogP contribution in [0.25, 0.3) is 10.9 Å². The molecule has 0 aliphatic heterocycles. The Kier molecular flexibility index (Phi) is 8.08. The Morgan fingerprint density at radius 1 is 1.27 bits per heavy atom. The molecule has 5 nitrogen and oxygen atoms in total. The highest BCUT2D eigenvalue weighted by atomic mass is 79.9. The first-order chi connectivity index (χ1) is 14.5. The lowest BCUT2D eigenvalue weighted by Crippen LogP contribution is -2.25. The topological polar surface area (TPSA) is 67.9 Å². The summed E-state index contributed by atoms with van der Waals surface area (Å²) in [6.45, 7) is 5.71. The van der Waals surface area contributed by atoms with Gasteiger partial charge >= 0.3 is 0 Å². The number of nitrogens with zero attached hydrogens (tertiary/aromatic N) is 3. The number of hydrogen-bond donors (Lipinski definition) is 0. The van der Waals surface area contributed by atoms with Crippen LogP contribution in [-0.2, 0) is 17.7 Å². The second kappa shape index (κ2) is 10.8. The molecule has 3 aromatic rings. The lowest BCUT2D eigenvalue weighted by atomic mass is 10.1. The van der Waals surface area contributed by atoms with Gasteiger partial charge in [-0.2, -0.15) is 5.26 Å². The van der Waals surface area contributed by atoms with Gasteiger partial charge in [-0.3, -0.25) is 9.36 Å². The first-order valence-electron chi connectivity index (χ1n) is 9.91. The average molecular weight is 486 g/mol. The minimum absolute atomic E-state index is 0.0904. The summed E-state index contributed by atoms with van der Waals surface area (Å²) in [5.74, 6) is 0. The number of fused-ring (bicyclic) bond motifs is 1. The van der Waals surface area contributed by atoms with E-state index < -0.39 is 0 Å². The van der Waals surface area contributed by atoms with Crippen LogP contribution in [0.1, 0.15) is 24.5 Å². The molecule has 7 heteroatoms. The van der Waals surface area contributed by atoms with Crippen molar-refractivity contribution in [1.82, 2.24) is 9.55 Å². The van der Waals surface area contributed by atoms with E-state index in [4.69, 9.17) is 9.72 Å². The Morgan fingerprint density at radius 2 is 2.03 bits per heavy atom. The summed E-state index contributed by atoms with van der Waals surface area (Å²) in [7, 11) is 0. The summed E-state index contributed by atoms with van der Waals surface area (Å²) < 4.78 is 7.95. The maximum atomic E-state index is 13.2. The van der Waals surface area contributed by atoms with Gasteiger partial charge < -0.3 is 4.74 Å². The quantitative estimate of drug-likeness (QED) is 0.239. The summed E-state index contributed by atoms with van der Waals surface area (Å²) >= 11 is 4.78. The molecular formula is C23H24BrN3O2S. The van der Waals surface area contributed by atoms with E-state index >= 15 is 0 Å².